The topological polar surface area (TPSA) is 30.7 Å². The Kier molecular flexibility index (Phi) is 3.80. The molecule has 0 fully saturated rings. The molecule has 0 saturated carbocycles. The van der Waals surface area contributed by atoms with Gasteiger partial charge in [0.15, 0.2) is 0 Å². The van der Waals surface area contributed by atoms with E-state index in [1.807, 2.05) is 16.8 Å². The van der Waals surface area contributed by atoms with Crippen LogP contribution < -0.4 is 0 Å². The van der Waals surface area contributed by atoms with Crippen LogP contribution in [-0.2, 0) is 13.0 Å². The molecule has 0 unspecified atom stereocenters. The summed E-state index contributed by atoms with van der Waals surface area (Å²) in [5.74, 6) is 0. The highest BCUT2D eigenvalue weighted by molar-refractivity contribution is 6.35. The van der Waals surface area contributed by atoms with Crippen LogP contribution in [0.15, 0.2) is 30.9 Å². The fourth-order valence-corrected chi connectivity index (χ4v) is 2.01. The summed E-state index contributed by atoms with van der Waals surface area (Å²) in [5.41, 5.74) is 1.12. The molecule has 0 saturated heterocycles. The van der Waals surface area contributed by atoms with E-state index in [0.717, 1.165) is 30.0 Å². The third-order valence-corrected chi connectivity index (χ3v) is 2.90. The molecule has 0 bridgehead atoms. The molecule has 2 rings (SSSR count). The molecular weight excluding hydrogens is 245 g/mol. The minimum absolute atomic E-state index is 0.671. The number of halogens is 2. The number of aromatic nitrogens is 3. The minimum atomic E-state index is 0.671. The molecule has 1 aromatic carbocycles. The highest BCUT2D eigenvalue weighted by Gasteiger charge is 2.01. The Morgan fingerprint density at radius 2 is 2.12 bits per heavy atom. The number of hydrogen-bond acceptors (Lipinski definition) is 2. The summed E-state index contributed by atoms with van der Waals surface area (Å²) in [4.78, 5) is 3.89. The smallest absolute Gasteiger partial charge is 0.137 e. The average molecular weight is 256 g/mol. The third kappa shape index (κ3) is 2.97. The van der Waals surface area contributed by atoms with Crippen LogP contribution >= 0.6 is 23.2 Å². The van der Waals surface area contributed by atoms with E-state index in [9.17, 15) is 0 Å². The fourth-order valence-electron chi connectivity index (χ4n) is 1.50. The minimum Gasteiger partial charge on any atom is -0.253 e. The van der Waals surface area contributed by atoms with Gasteiger partial charge in [0.25, 0.3) is 0 Å². The molecule has 2 aromatic rings. The lowest BCUT2D eigenvalue weighted by Gasteiger charge is -2.04. The molecule has 1 aromatic heterocycles. The Hall–Kier alpha value is -1.06. The lowest BCUT2D eigenvalue weighted by atomic mass is 10.1. The first-order valence-corrected chi connectivity index (χ1v) is 5.77. The van der Waals surface area contributed by atoms with Gasteiger partial charge in [0, 0.05) is 16.6 Å². The molecule has 5 heteroatoms. The van der Waals surface area contributed by atoms with Crippen molar-refractivity contribution in [3.05, 3.63) is 46.5 Å². The molecule has 16 heavy (non-hydrogen) atoms. The summed E-state index contributed by atoms with van der Waals surface area (Å²) in [6.07, 6.45) is 5.14. The molecule has 0 radical (unpaired) electrons. The summed E-state index contributed by atoms with van der Waals surface area (Å²) in [6, 6.07) is 5.60. The molecule has 0 aliphatic carbocycles. The summed E-state index contributed by atoms with van der Waals surface area (Å²) < 4.78 is 1.81. The standard InChI is InChI=1S/C11H11Cl2N3/c12-10-4-3-9(11(13)6-10)2-1-5-16-8-14-7-15-16/h3-4,6-8H,1-2,5H2. The number of benzene rings is 1. The molecular formula is C11H11Cl2N3. The van der Waals surface area contributed by atoms with Gasteiger partial charge in [-0.05, 0) is 30.5 Å². The van der Waals surface area contributed by atoms with Gasteiger partial charge >= 0.3 is 0 Å². The molecule has 3 nitrogen and oxygen atoms in total. The van der Waals surface area contributed by atoms with Gasteiger partial charge in [0.2, 0.25) is 0 Å². The zero-order valence-electron chi connectivity index (χ0n) is 8.61. The number of nitrogens with zero attached hydrogens (tertiary/aromatic N) is 3. The fraction of sp³-hybridized carbons (Fsp3) is 0.273. The van der Waals surface area contributed by atoms with Crippen molar-refractivity contribution in [1.82, 2.24) is 14.8 Å². The maximum absolute atomic E-state index is 6.07. The SMILES string of the molecule is Clc1ccc(CCCn2cncn2)c(Cl)c1. The van der Waals surface area contributed by atoms with Crippen molar-refractivity contribution in [1.29, 1.82) is 0 Å². The van der Waals surface area contributed by atoms with Gasteiger partial charge in [-0.2, -0.15) is 5.10 Å². The molecule has 0 atom stereocenters. The van der Waals surface area contributed by atoms with Crippen LogP contribution in [0, 0.1) is 0 Å². The number of aryl methyl sites for hydroxylation is 2. The largest absolute Gasteiger partial charge is 0.253 e. The van der Waals surface area contributed by atoms with E-state index in [2.05, 4.69) is 10.1 Å². The van der Waals surface area contributed by atoms with Crippen LogP contribution in [0.5, 0.6) is 0 Å². The van der Waals surface area contributed by atoms with Crippen molar-refractivity contribution >= 4 is 23.2 Å². The van der Waals surface area contributed by atoms with E-state index in [1.54, 1.807) is 12.4 Å². The van der Waals surface area contributed by atoms with Crippen LogP contribution in [-0.4, -0.2) is 14.8 Å². The lowest BCUT2D eigenvalue weighted by molar-refractivity contribution is 0.577. The summed E-state index contributed by atoms with van der Waals surface area (Å²) >= 11 is 11.9. The molecule has 1 heterocycles. The highest BCUT2D eigenvalue weighted by atomic mass is 35.5. The van der Waals surface area contributed by atoms with Crippen LogP contribution in [0.4, 0.5) is 0 Å². The van der Waals surface area contributed by atoms with E-state index in [-0.39, 0.29) is 0 Å². The Morgan fingerprint density at radius 3 is 2.81 bits per heavy atom. The first-order valence-electron chi connectivity index (χ1n) is 5.02. The second-order valence-electron chi connectivity index (χ2n) is 3.50. The van der Waals surface area contributed by atoms with Crippen molar-refractivity contribution in [2.75, 3.05) is 0 Å². The van der Waals surface area contributed by atoms with E-state index in [4.69, 9.17) is 23.2 Å². The maximum Gasteiger partial charge on any atom is 0.137 e. The molecule has 0 aliphatic heterocycles. The first kappa shape index (κ1) is 11.4. The van der Waals surface area contributed by atoms with Crippen molar-refractivity contribution in [2.45, 2.75) is 19.4 Å². The van der Waals surface area contributed by atoms with Crippen LogP contribution in [0.2, 0.25) is 10.0 Å². The van der Waals surface area contributed by atoms with Crippen molar-refractivity contribution in [2.24, 2.45) is 0 Å². The van der Waals surface area contributed by atoms with Crippen molar-refractivity contribution < 1.29 is 0 Å². The summed E-state index contributed by atoms with van der Waals surface area (Å²) in [7, 11) is 0. The molecule has 0 aliphatic rings. The van der Waals surface area contributed by atoms with Crippen molar-refractivity contribution in [3.8, 4) is 0 Å². The van der Waals surface area contributed by atoms with Crippen LogP contribution in [0.1, 0.15) is 12.0 Å². The Bertz CT molecular complexity index is 454. The van der Waals surface area contributed by atoms with Gasteiger partial charge in [0.05, 0.1) is 0 Å². The number of rotatable bonds is 4. The van der Waals surface area contributed by atoms with Crippen molar-refractivity contribution in [3.63, 3.8) is 0 Å². The van der Waals surface area contributed by atoms with E-state index in [0.29, 0.717) is 5.02 Å². The van der Waals surface area contributed by atoms with Gasteiger partial charge in [-0.25, -0.2) is 4.98 Å². The summed E-state index contributed by atoms with van der Waals surface area (Å²) in [6.45, 7) is 0.846. The van der Waals surface area contributed by atoms with Crippen LogP contribution in [0.3, 0.4) is 0 Å². The Labute approximate surface area is 104 Å². The Morgan fingerprint density at radius 1 is 1.25 bits per heavy atom. The van der Waals surface area contributed by atoms with E-state index < -0.39 is 0 Å². The predicted octanol–water partition coefficient (Wildman–Crippen LogP) is 3.22. The van der Waals surface area contributed by atoms with E-state index >= 15 is 0 Å². The summed E-state index contributed by atoms with van der Waals surface area (Å²) in [5, 5.41) is 5.43. The Balaban J connectivity index is 1.90. The molecule has 0 amide bonds. The van der Waals surface area contributed by atoms with E-state index in [1.165, 1.54) is 6.33 Å². The van der Waals surface area contributed by atoms with Crippen LogP contribution in [0.25, 0.3) is 0 Å². The average Bonchev–Trinajstić information content (AvgIpc) is 2.74. The van der Waals surface area contributed by atoms with Gasteiger partial charge < -0.3 is 0 Å². The van der Waals surface area contributed by atoms with Gasteiger partial charge in [0.1, 0.15) is 12.7 Å². The van der Waals surface area contributed by atoms with Gasteiger partial charge in [-0.1, -0.05) is 29.3 Å². The number of hydrogen-bond donors (Lipinski definition) is 0. The van der Waals surface area contributed by atoms with Gasteiger partial charge in [-0.3, -0.25) is 4.68 Å². The quantitative estimate of drug-likeness (QED) is 0.840. The molecule has 84 valence electrons. The first-order chi connectivity index (χ1) is 7.75. The predicted molar refractivity (Wildman–Crippen MR) is 64.8 cm³/mol. The second-order valence-corrected chi connectivity index (χ2v) is 4.34. The molecule has 0 spiro atoms. The lowest BCUT2D eigenvalue weighted by Crippen LogP contribution is -2.00. The zero-order chi connectivity index (χ0) is 11.4. The zero-order valence-corrected chi connectivity index (χ0v) is 10.1. The molecule has 0 N–H and O–H groups in total. The second kappa shape index (κ2) is 5.32. The normalized spacial score (nSPS) is 10.6. The highest BCUT2D eigenvalue weighted by Crippen LogP contribution is 2.22. The monoisotopic (exact) mass is 255 g/mol. The third-order valence-electron chi connectivity index (χ3n) is 2.32. The van der Waals surface area contributed by atoms with Gasteiger partial charge in [-0.15, -0.1) is 0 Å². The maximum atomic E-state index is 6.07.